The molecular formula is C15H11F3N4O3. The first-order valence-electron chi connectivity index (χ1n) is 6.89. The summed E-state index contributed by atoms with van der Waals surface area (Å²) in [4.78, 5) is 19.2. The summed E-state index contributed by atoms with van der Waals surface area (Å²) >= 11 is 0. The largest absolute Gasteiger partial charge is 0.475 e. The van der Waals surface area contributed by atoms with Gasteiger partial charge >= 0.3 is 6.18 Å². The summed E-state index contributed by atoms with van der Waals surface area (Å²) in [6, 6.07) is 4.41. The summed E-state index contributed by atoms with van der Waals surface area (Å²) in [6.45, 7) is 0. The van der Waals surface area contributed by atoms with E-state index >= 15 is 0 Å². The van der Waals surface area contributed by atoms with E-state index in [1.807, 2.05) is 0 Å². The Labute approximate surface area is 138 Å². The van der Waals surface area contributed by atoms with E-state index in [4.69, 9.17) is 20.6 Å². The maximum absolute atomic E-state index is 13.3. The number of fused-ring (bicyclic) bond motifs is 1. The predicted octanol–water partition coefficient (Wildman–Crippen LogP) is 1.85. The number of ether oxygens (including phenoxy) is 1. The quantitative estimate of drug-likeness (QED) is 0.629. The Kier molecular flexibility index (Phi) is 3.95. The Morgan fingerprint density at radius 2 is 2.04 bits per heavy atom. The van der Waals surface area contributed by atoms with Gasteiger partial charge in [-0.1, -0.05) is 6.07 Å². The second-order valence-corrected chi connectivity index (χ2v) is 5.04. The number of alkyl halides is 3. The smallest absolute Gasteiger partial charge is 0.429 e. The molecule has 0 spiro atoms. The second-order valence-electron chi connectivity index (χ2n) is 5.04. The number of nitrogens with zero attached hydrogens (tertiary/aromatic N) is 2. The monoisotopic (exact) mass is 352 g/mol. The maximum Gasteiger partial charge on any atom is 0.429 e. The van der Waals surface area contributed by atoms with Gasteiger partial charge in [0.05, 0.1) is 11.8 Å². The van der Waals surface area contributed by atoms with Gasteiger partial charge in [-0.05, 0) is 18.2 Å². The van der Waals surface area contributed by atoms with Gasteiger partial charge in [0.1, 0.15) is 12.0 Å². The van der Waals surface area contributed by atoms with Crippen LogP contribution < -0.4 is 16.2 Å². The minimum Gasteiger partial charge on any atom is -0.475 e. The maximum atomic E-state index is 13.3. The number of aliphatic imine (C=N–C) groups is 1. The Morgan fingerprint density at radius 1 is 1.28 bits per heavy atom. The lowest BCUT2D eigenvalue weighted by molar-refractivity contribution is -0.185. The normalized spacial score (nSPS) is 16.4. The van der Waals surface area contributed by atoms with E-state index < -0.39 is 29.7 Å². The van der Waals surface area contributed by atoms with Gasteiger partial charge in [0, 0.05) is 11.1 Å². The fourth-order valence-electron chi connectivity index (χ4n) is 2.36. The number of oxazole rings is 1. The molecule has 1 aromatic carbocycles. The van der Waals surface area contributed by atoms with Crippen LogP contribution >= 0.6 is 0 Å². The topological polar surface area (TPSA) is 117 Å². The number of guanidine groups is 1. The van der Waals surface area contributed by atoms with Crippen molar-refractivity contribution >= 4 is 17.9 Å². The van der Waals surface area contributed by atoms with Gasteiger partial charge in [0.15, 0.2) is 5.96 Å². The van der Waals surface area contributed by atoms with Crippen LogP contribution in [0.25, 0.3) is 17.5 Å². The Hall–Kier alpha value is -3.30. The molecule has 25 heavy (non-hydrogen) atoms. The summed E-state index contributed by atoms with van der Waals surface area (Å²) in [5, 5.41) is 0. The lowest BCUT2D eigenvalue weighted by atomic mass is 9.97. The Balaban J connectivity index is 2.18. The van der Waals surface area contributed by atoms with Gasteiger partial charge in [-0.15, -0.1) is 0 Å². The summed E-state index contributed by atoms with van der Waals surface area (Å²) in [5.74, 6) is -1.80. The van der Waals surface area contributed by atoms with Crippen LogP contribution in [-0.2, 0) is 4.79 Å². The summed E-state index contributed by atoms with van der Waals surface area (Å²) in [7, 11) is 0. The number of rotatable bonds is 2. The number of carbonyl (C=O) groups excluding carboxylic acids is 1. The number of carbonyl (C=O) groups is 1. The van der Waals surface area contributed by atoms with Crippen LogP contribution in [0.1, 0.15) is 5.56 Å². The van der Waals surface area contributed by atoms with Crippen LogP contribution in [0.3, 0.4) is 0 Å². The van der Waals surface area contributed by atoms with Gasteiger partial charge in [0.2, 0.25) is 12.0 Å². The molecule has 0 bridgehead atoms. The van der Waals surface area contributed by atoms with E-state index in [0.717, 1.165) is 6.08 Å². The molecule has 0 aliphatic carbocycles. The van der Waals surface area contributed by atoms with Crippen molar-refractivity contribution in [3.05, 3.63) is 41.8 Å². The fourth-order valence-corrected chi connectivity index (χ4v) is 2.36. The number of aromatic nitrogens is 1. The molecule has 0 radical (unpaired) electrons. The van der Waals surface area contributed by atoms with Crippen LogP contribution in [0.4, 0.5) is 13.2 Å². The van der Waals surface area contributed by atoms with Crippen LogP contribution in [0.2, 0.25) is 0 Å². The van der Waals surface area contributed by atoms with Crippen LogP contribution in [0.5, 0.6) is 5.75 Å². The lowest BCUT2D eigenvalue weighted by Crippen LogP contribution is -2.40. The number of hydrogen-bond donors (Lipinski definition) is 2. The average molecular weight is 352 g/mol. The van der Waals surface area contributed by atoms with Crippen LogP contribution in [0.15, 0.2) is 45.6 Å². The van der Waals surface area contributed by atoms with E-state index in [9.17, 15) is 18.0 Å². The average Bonchev–Trinajstić information content (AvgIpc) is 3.05. The molecular weight excluding hydrogens is 341 g/mol. The molecule has 130 valence electrons. The molecule has 1 atom stereocenters. The summed E-state index contributed by atoms with van der Waals surface area (Å²) in [6.07, 6.45) is -3.60. The molecule has 0 saturated heterocycles. The van der Waals surface area contributed by atoms with Crippen molar-refractivity contribution in [3.63, 3.8) is 0 Å². The van der Waals surface area contributed by atoms with Crippen molar-refractivity contribution in [1.29, 1.82) is 0 Å². The Morgan fingerprint density at radius 3 is 2.64 bits per heavy atom. The van der Waals surface area contributed by atoms with E-state index in [0.29, 0.717) is 5.56 Å². The minimum atomic E-state index is -4.84. The molecule has 10 heteroatoms. The zero-order valence-electron chi connectivity index (χ0n) is 12.4. The molecule has 1 amide bonds. The minimum absolute atomic E-state index is 0.0701. The molecule has 4 N–H and O–H groups in total. The first-order valence-corrected chi connectivity index (χ1v) is 6.89. The fraction of sp³-hybridized carbons (Fsp3) is 0.133. The molecule has 2 heterocycles. The van der Waals surface area contributed by atoms with Crippen molar-refractivity contribution in [2.75, 3.05) is 0 Å². The first-order chi connectivity index (χ1) is 11.8. The van der Waals surface area contributed by atoms with Crippen LogP contribution in [0, 0.1) is 0 Å². The molecule has 7 nitrogen and oxygen atoms in total. The summed E-state index contributed by atoms with van der Waals surface area (Å²) in [5.41, 5.74) is 10.0. The van der Waals surface area contributed by atoms with Gasteiger partial charge in [-0.25, -0.2) is 4.98 Å². The Bertz CT molecular complexity index is 869. The highest BCUT2D eigenvalue weighted by Crippen LogP contribution is 2.41. The number of nitrogens with two attached hydrogens (primary N) is 2. The van der Waals surface area contributed by atoms with Crippen molar-refractivity contribution < 1.29 is 27.1 Å². The van der Waals surface area contributed by atoms with E-state index in [1.165, 1.54) is 24.6 Å². The van der Waals surface area contributed by atoms with E-state index in [2.05, 4.69) is 9.98 Å². The highest BCUT2D eigenvalue weighted by molar-refractivity contribution is 6.06. The van der Waals surface area contributed by atoms with Crippen molar-refractivity contribution in [2.45, 2.75) is 12.3 Å². The second kappa shape index (κ2) is 5.96. The third-order valence-corrected chi connectivity index (χ3v) is 3.33. The third-order valence-electron chi connectivity index (χ3n) is 3.33. The predicted molar refractivity (Wildman–Crippen MR) is 81.2 cm³/mol. The van der Waals surface area contributed by atoms with E-state index in [-0.39, 0.29) is 17.2 Å². The molecule has 0 saturated carbocycles. The molecule has 1 aliphatic rings. The van der Waals surface area contributed by atoms with Gasteiger partial charge in [-0.2, -0.15) is 18.2 Å². The molecule has 1 unspecified atom stereocenters. The van der Waals surface area contributed by atoms with Gasteiger partial charge in [0.25, 0.3) is 5.91 Å². The molecule has 1 aliphatic heterocycles. The number of benzene rings is 1. The zero-order valence-corrected chi connectivity index (χ0v) is 12.4. The van der Waals surface area contributed by atoms with Gasteiger partial charge in [-0.3, -0.25) is 4.79 Å². The van der Waals surface area contributed by atoms with Gasteiger partial charge < -0.3 is 20.6 Å². The zero-order chi connectivity index (χ0) is 18.2. The van der Waals surface area contributed by atoms with Crippen LogP contribution in [-0.4, -0.2) is 29.1 Å². The number of hydrogen-bond acceptors (Lipinski definition) is 4. The van der Waals surface area contributed by atoms with Crippen molar-refractivity contribution in [1.82, 2.24) is 4.98 Å². The van der Waals surface area contributed by atoms with E-state index in [1.54, 1.807) is 6.07 Å². The third kappa shape index (κ3) is 3.18. The molecule has 1 aromatic heterocycles. The standard InChI is InChI=1S/C15H11F3N4O3/c16-15(17,18)11-9(12(23)22-14(19)20)6-8-7(13-21-4-5-24-13)2-1-3-10(8)25-11/h1-6,11H,(H4,19,20,22,23). The lowest BCUT2D eigenvalue weighted by Gasteiger charge is -2.28. The first kappa shape index (κ1) is 16.6. The number of amides is 1. The highest BCUT2D eigenvalue weighted by Gasteiger charge is 2.48. The summed E-state index contributed by atoms with van der Waals surface area (Å²) < 4.78 is 50.1. The molecule has 2 aromatic rings. The SMILES string of the molecule is NC(N)=NC(=O)C1=Cc2c(cccc2-c2ncco2)OC1C(F)(F)F. The molecule has 0 fully saturated rings. The highest BCUT2D eigenvalue weighted by atomic mass is 19.4. The number of halogens is 3. The molecule has 3 rings (SSSR count). The van der Waals surface area contributed by atoms with Crippen molar-refractivity contribution in [3.8, 4) is 17.2 Å². The van der Waals surface area contributed by atoms with Crippen molar-refractivity contribution in [2.24, 2.45) is 16.5 Å².